The molecule has 7 aliphatic rings. The van der Waals surface area contributed by atoms with Gasteiger partial charge in [-0.05, 0) is 94.7 Å². The number of methoxy groups -OCH3 is 1. The lowest BCUT2D eigenvalue weighted by Crippen LogP contribution is -2.82. The normalized spacial score (nSPS) is 42.6. The van der Waals surface area contributed by atoms with Crippen LogP contribution in [-0.2, 0) is 16.6 Å². The third-order valence-corrected chi connectivity index (χ3v) is 11.6. The third kappa shape index (κ3) is 2.71. The molecular weight excluding hydrogens is 438 g/mol. The Morgan fingerprint density at radius 1 is 1.23 bits per heavy atom. The molecule has 192 valence electrons. The number of ether oxygens (including phenoxy) is 2. The van der Waals surface area contributed by atoms with Gasteiger partial charge in [-0.3, -0.25) is 4.90 Å². The van der Waals surface area contributed by atoms with Crippen LogP contribution >= 0.6 is 0 Å². The van der Waals surface area contributed by atoms with E-state index >= 15 is 0 Å². The van der Waals surface area contributed by atoms with Crippen LogP contribution < -0.4 is 4.74 Å². The second-order valence-electron chi connectivity index (χ2n) is 13.7. The maximum atomic E-state index is 12.1. The Morgan fingerprint density at radius 2 is 2.03 bits per heavy atom. The van der Waals surface area contributed by atoms with Crippen LogP contribution in [0.2, 0.25) is 0 Å². The van der Waals surface area contributed by atoms with E-state index in [1.54, 1.807) is 0 Å². The Balaban J connectivity index is 1.41. The lowest BCUT2D eigenvalue weighted by atomic mass is 9.33. The first-order chi connectivity index (χ1) is 16.7. The molecule has 35 heavy (non-hydrogen) atoms. The quantitative estimate of drug-likeness (QED) is 0.586. The molecule has 5 heteroatoms. The van der Waals surface area contributed by atoms with Crippen molar-refractivity contribution in [2.75, 3.05) is 20.2 Å². The van der Waals surface area contributed by atoms with Crippen molar-refractivity contribution in [1.29, 1.82) is 0 Å². The van der Waals surface area contributed by atoms with Crippen molar-refractivity contribution in [2.24, 2.45) is 23.2 Å². The SMILES string of the molecule is CO[C@]12CC[C@@]3(C[C@@H]1C(C)(O)CCC(C)C)[C@H]1Cc4ccc(O)c5c4[C@@]3(CCN1CC1CC1)[C@H]2O5. The molecule has 1 unspecified atom stereocenters. The van der Waals surface area contributed by atoms with Crippen LogP contribution in [0.1, 0.15) is 83.3 Å². The highest BCUT2D eigenvalue weighted by Gasteiger charge is 2.81. The molecule has 2 N–H and O–H groups in total. The summed E-state index contributed by atoms with van der Waals surface area (Å²) in [5, 5.41) is 23.1. The lowest BCUT2D eigenvalue weighted by Gasteiger charge is -2.75. The highest BCUT2D eigenvalue weighted by Crippen LogP contribution is 2.77. The van der Waals surface area contributed by atoms with Gasteiger partial charge in [0.2, 0.25) is 0 Å². The van der Waals surface area contributed by atoms with Crippen LogP contribution in [-0.4, -0.2) is 58.7 Å². The minimum absolute atomic E-state index is 0.0204. The van der Waals surface area contributed by atoms with Gasteiger partial charge in [-0.15, -0.1) is 0 Å². The molecule has 5 fully saturated rings. The summed E-state index contributed by atoms with van der Waals surface area (Å²) in [5.41, 5.74) is 1.25. The molecule has 1 aromatic rings. The predicted octanol–water partition coefficient (Wildman–Crippen LogP) is 4.80. The molecule has 8 rings (SSSR count). The number of nitrogens with zero attached hydrogens (tertiary/aromatic N) is 1. The molecule has 0 amide bonds. The maximum absolute atomic E-state index is 12.1. The topological polar surface area (TPSA) is 62.2 Å². The van der Waals surface area contributed by atoms with Crippen LogP contribution in [0.4, 0.5) is 0 Å². The van der Waals surface area contributed by atoms with Crippen LogP contribution in [0.15, 0.2) is 12.1 Å². The Labute approximate surface area is 210 Å². The molecule has 0 aromatic heterocycles. The average molecular weight is 482 g/mol. The fourth-order valence-electron chi connectivity index (χ4n) is 9.88. The zero-order chi connectivity index (χ0) is 24.4. The first-order valence-corrected chi connectivity index (χ1v) is 14.2. The van der Waals surface area contributed by atoms with Gasteiger partial charge in [0.1, 0.15) is 11.7 Å². The molecule has 4 saturated carbocycles. The number of piperidine rings is 1. The average Bonchev–Trinajstić information content (AvgIpc) is 3.57. The zero-order valence-corrected chi connectivity index (χ0v) is 22.0. The Morgan fingerprint density at radius 3 is 2.74 bits per heavy atom. The summed E-state index contributed by atoms with van der Waals surface area (Å²) in [6.45, 7) is 8.87. The van der Waals surface area contributed by atoms with Crippen LogP contribution in [0.5, 0.6) is 11.5 Å². The minimum atomic E-state index is -0.814. The Bertz CT molecular complexity index is 1050. The molecular formula is C30H43NO4. The molecule has 5 aliphatic carbocycles. The molecule has 0 radical (unpaired) electrons. The van der Waals surface area contributed by atoms with Crippen LogP contribution in [0, 0.1) is 23.2 Å². The second kappa shape index (κ2) is 7.17. The second-order valence-corrected chi connectivity index (χ2v) is 13.7. The summed E-state index contributed by atoms with van der Waals surface area (Å²) in [6.07, 6.45) is 9.55. The van der Waals surface area contributed by atoms with Crippen LogP contribution in [0.25, 0.3) is 0 Å². The molecule has 2 spiro atoms. The van der Waals surface area contributed by atoms with Gasteiger partial charge in [0.05, 0.1) is 5.60 Å². The molecule has 1 aromatic carbocycles. The maximum Gasteiger partial charge on any atom is 0.165 e. The monoisotopic (exact) mass is 481 g/mol. The third-order valence-electron chi connectivity index (χ3n) is 11.6. The van der Waals surface area contributed by atoms with Gasteiger partial charge in [0.25, 0.3) is 0 Å². The van der Waals surface area contributed by atoms with E-state index in [4.69, 9.17) is 9.47 Å². The van der Waals surface area contributed by atoms with Crippen LogP contribution in [0.3, 0.4) is 0 Å². The number of phenolic OH excluding ortho intramolecular Hbond substituents is 1. The molecule has 2 aliphatic heterocycles. The van der Waals surface area contributed by atoms with Crippen molar-refractivity contribution in [3.8, 4) is 11.5 Å². The van der Waals surface area contributed by atoms with Gasteiger partial charge in [0, 0.05) is 42.0 Å². The molecule has 7 atom stereocenters. The highest BCUT2D eigenvalue weighted by molar-refractivity contribution is 5.63. The molecule has 4 bridgehead atoms. The van der Waals surface area contributed by atoms with Crippen molar-refractivity contribution in [1.82, 2.24) is 4.90 Å². The van der Waals surface area contributed by atoms with E-state index in [0.717, 1.165) is 63.2 Å². The van der Waals surface area contributed by atoms with E-state index in [1.165, 1.54) is 30.5 Å². The van der Waals surface area contributed by atoms with E-state index in [9.17, 15) is 10.2 Å². The number of rotatable bonds is 7. The summed E-state index contributed by atoms with van der Waals surface area (Å²) in [6, 6.07) is 4.49. The van der Waals surface area contributed by atoms with Gasteiger partial charge in [-0.2, -0.15) is 0 Å². The van der Waals surface area contributed by atoms with Crippen molar-refractivity contribution in [2.45, 2.75) is 107 Å². The summed E-state index contributed by atoms with van der Waals surface area (Å²) < 4.78 is 13.5. The molecule has 1 saturated heterocycles. The molecule has 2 heterocycles. The number of aliphatic hydroxyl groups is 1. The zero-order valence-electron chi connectivity index (χ0n) is 22.0. The number of phenols is 1. The Kier molecular flexibility index (Phi) is 4.68. The number of benzene rings is 1. The van der Waals surface area contributed by atoms with Crippen molar-refractivity contribution in [3.05, 3.63) is 23.3 Å². The largest absolute Gasteiger partial charge is 0.504 e. The predicted molar refractivity (Wildman–Crippen MR) is 135 cm³/mol. The van der Waals surface area contributed by atoms with Gasteiger partial charge < -0.3 is 19.7 Å². The highest BCUT2D eigenvalue weighted by atomic mass is 16.6. The van der Waals surface area contributed by atoms with E-state index in [1.807, 2.05) is 13.2 Å². The van der Waals surface area contributed by atoms with Gasteiger partial charge >= 0.3 is 0 Å². The van der Waals surface area contributed by atoms with Gasteiger partial charge in [0.15, 0.2) is 11.5 Å². The lowest BCUT2D eigenvalue weighted by molar-refractivity contribution is -0.303. The number of likely N-dealkylation sites (tertiary alicyclic amines) is 1. The van der Waals surface area contributed by atoms with E-state index < -0.39 is 11.2 Å². The Hall–Kier alpha value is -1.30. The number of hydrogen-bond donors (Lipinski definition) is 2. The fourth-order valence-corrected chi connectivity index (χ4v) is 9.88. The van der Waals surface area contributed by atoms with E-state index in [-0.39, 0.29) is 28.6 Å². The first kappa shape index (κ1) is 22.9. The number of aromatic hydroxyl groups is 1. The summed E-state index contributed by atoms with van der Waals surface area (Å²) in [5.74, 6) is 2.43. The first-order valence-electron chi connectivity index (χ1n) is 14.2. The number of hydrogen-bond acceptors (Lipinski definition) is 5. The van der Waals surface area contributed by atoms with Crippen molar-refractivity contribution >= 4 is 0 Å². The van der Waals surface area contributed by atoms with Crippen molar-refractivity contribution in [3.63, 3.8) is 0 Å². The summed E-state index contributed by atoms with van der Waals surface area (Å²) in [7, 11) is 1.84. The van der Waals surface area contributed by atoms with Crippen molar-refractivity contribution < 1.29 is 19.7 Å². The summed E-state index contributed by atoms with van der Waals surface area (Å²) >= 11 is 0. The van der Waals surface area contributed by atoms with Gasteiger partial charge in [-0.25, -0.2) is 0 Å². The smallest absolute Gasteiger partial charge is 0.165 e. The van der Waals surface area contributed by atoms with E-state index in [0.29, 0.717) is 12.0 Å². The summed E-state index contributed by atoms with van der Waals surface area (Å²) in [4.78, 5) is 2.83. The van der Waals surface area contributed by atoms with E-state index in [2.05, 4.69) is 31.7 Å². The standard InChI is InChI=1S/C30H43NO4/c1-18(2)9-10-27(3,33)22-16-28-11-12-30(22,34-4)26-29(28)13-14-31(17-19-5-6-19)23(28)15-20-7-8-21(32)25(35-26)24(20)29/h7-8,18-19,22-23,26,32-33H,5-6,9-17H2,1-4H3/t22-,23-,26-,27?,28-,29+,30-/m1/s1. The van der Waals surface area contributed by atoms with Gasteiger partial charge in [-0.1, -0.05) is 19.9 Å². The fraction of sp³-hybridized carbons (Fsp3) is 0.800. The number of fused-ring (bicyclic) bond motifs is 2. The molecule has 5 nitrogen and oxygen atoms in total. The minimum Gasteiger partial charge on any atom is -0.504 e.